The van der Waals surface area contributed by atoms with Crippen molar-refractivity contribution in [3.8, 4) is 0 Å². The Kier molecular flexibility index (Phi) is 5.27. The third-order valence-corrected chi connectivity index (χ3v) is 1.12. The van der Waals surface area contributed by atoms with Gasteiger partial charge >= 0.3 is 0 Å². The number of hydrogen-bond acceptors (Lipinski definition) is 1. The van der Waals surface area contributed by atoms with Gasteiger partial charge in [0.1, 0.15) is 0 Å². The number of nitrogens with zero attached hydrogens (tertiary/aromatic N) is 1. The minimum Gasteiger partial charge on any atom is -0.624 e. The molecule has 0 aromatic heterocycles. The first-order valence-corrected chi connectivity index (χ1v) is 3.58. The average Bonchev–Trinajstić information content (AvgIpc) is 1.85. The van der Waals surface area contributed by atoms with E-state index in [1.807, 2.05) is 6.92 Å². The molecule has 2 nitrogen and oxygen atoms in total. The van der Waals surface area contributed by atoms with Gasteiger partial charge in [-0.3, -0.25) is 0 Å². The number of unbranched alkanes of at least 4 members (excludes halogenated alkanes) is 1. The maximum atomic E-state index is 10.7. The lowest BCUT2D eigenvalue weighted by Gasteiger charge is -2.00. The van der Waals surface area contributed by atoms with Crippen LogP contribution >= 0.6 is 0 Å². The van der Waals surface area contributed by atoms with E-state index >= 15 is 0 Å². The van der Waals surface area contributed by atoms with Crippen molar-refractivity contribution in [2.45, 2.75) is 33.1 Å². The van der Waals surface area contributed by atoms with Gasteiger partial charge in [0.25, 0.3) is 0 Å². The molecule has 2 heteroatoms. The van der Waals surface area contributed by atoms with Crippen LogP contribution in [0.15, 0.2) is 0 Å². The second-order valence-electron chi connectivity index (χ2n) is 2.09. The first kappa shape index (κ1) is 8.47. The molecule has 0 spiro atoms. The summed E-state index contributed by atoms with van der Waals surface area (Å²) in [7, 11) is 0. The molecular weight excluding hydrogens is 114 g/mol. The van der Waals surface area contributed by atoms with Gasteiger partial charge in [-0.25, -0.2) is 4.74 Å². The number of rotatable bonds is 4. The van der Waals surface area contributed by atoms with Crippen LogP contribution in [0.3, 0.4) is 0 Å². The predicted molar refractivity (Wildman–Crippen MR) is 39.8 cm³/mol. The molecule has 0 saturated heterocycles. The summed E-state index contributed by atoms with van der Waals surface area (Å²) in [6.07, 6.45) is 4.61. The van der Waals surface area contributed by atoms with Crippen LogP contribution in [0.5, 0.6) is 0 Å². The molecule has 0 aromatic rings. The predicted octanol–water partition coefficient (Wildman–Crippen LogP) is 1.78. The van der Waals surface area contributed by atoms with Crippen molar-refractivity contribution in [2.24, 2.45) is 0 Å². The Bertz CT molecular complexity index is 88.9. The Labute approximate surface area is 56.8 Å². The minimum absolute atomic E-state index is 0.657. The van der Waals surface area contributed by atoms with Gasteiger partial charge in [0.2, 0.25) is 0 Å². The Morgan fingerprint density at radius 1 is 1.44 bits per heavy atom. The zero-order valence-corrected chi connectivity index (χ0v) is 6.26. The van der Waals surface area contributed by atoms with E-state index in [1.54, 1.807) is 6.21 Å². The molecule has 0 heterocycles. The Hall–Kier alpha value is -0.530. The molecule has 0 saturated carbocycles. The molecule has 0 atom stereocenters. The van der Waals surface area contributed by atoms with E-state index in [4.69, 9.17) is 0 Å². The van der Waals surface area contributed by atoms with Crippen molar-refractivity contribution in [3.05, 3.63) is 5.21 Å². The van der Waals surface area contributed by atoms with Gasteiger partial charge in [-0.2, -0.15) is 0 Å². The maximum Gasteiger partial charge on any atom is 0.153 e. The van der Waals surface area contributed by atoms with Gasteiger partial charge < -0.3 is 5.21 Å². The van der Waals surface area contributed by atoms with Crippen molar-refractivity contribution >= 4 is 6.21 Å². The monoisotopic (exact) mass is 129 g/mol. The Morgan fingerprint density at radius 2 is 2.11 bits per heavy atom. The summed E-state index contributed by atoms with van der Waals surface area (Å²) < 4.78 is 1.02. The van der Waals surface area contributed by atoms with Crippen molar-refractivity contribution in [3.63, 3.8) is 0 Å². The highest BCUT2D eigenvalue weighted by Crippen LogP contribution is 1.85. The van der Waals surface area contributed by atoms with E-state index in [2.05, 4.69) is 6.92 Å². The second kappa shape index (κ2) is 5.60. The van der Waals surface area contributed by atoms with E-state index in [0.29, 0.717) is 6.54 Å². The minimum atomic E-state index is 0.657. The van der Waals surface area contributed by atoms with Crippen molar-refractivity contribution in [1.82, 2.24) is 0 Å². The van der Waals surface area contributed by atoms with Crippen LogP contribution in [0.1, 0.15) is 33.1 Å². The van der Waals surface area contributed by atoms with Crippen molar-refractivity contribution in [1.29, 1.82) is 0 Å². The Balaban J connectivity index is 3.25. The maximum absolute atomic E-state index is 10.7. The quantitative estimate of drug-likeness (QED) is 0.246. The van der Waals surface area contributed by atoms with Crippen LogP contribution < -0.4 is 0 Å². The second-order valence-corrected chi connectivity index (χ2v) is 2.09. The van der Waals surface area contributed by atoms with E-state index < -0.39 is 0 Å². The topological polar surface area (TPSA) is 26.1 Å². The largest absolute Gasteiger partial charge is 0.624 e. The van der Waals surface area contributed by atoms with Gasteiger partial charge in [-0.05, 0) is 0 Å². The molecular formula is C7H15NO. The Morgan fingerprint density at radius 3 is 2.56 bits per heavy atom. The van der Waals surface area contributed by atoms with Gasteiger partial charge in [-0.15, -0.1) is 0 Å². The van der Waals surface area contributed by atoms with Crippen LogP contribution in [0.25, 0.3) is 0 Å². The normalized spacial score (nSPS) is 12.0. The highest BCUT2D eigenvalue weighted by molar-refractivity contribution is 5.50. The lowest BCUT2D eigenvalue weighted by Crippen LogP contribution is -2.05. The van der Waals surface area contributed by atoms with Gasteiger partial charge in [0, 0.05) is 12.8 Å². The van der Waals surface area contributed by atoms with Crippen molar-refractivity contribution in [2.75, 3.05) is 6.54 Å². The third kappa shape index (κ3) is 5.34. The van der Waals surface area contributed by atoms with Crippen LogP contribution in [-0.4, -0.2) is 17.5 Å². The number of hydroxylamine groups is 1. The molecule has 9 heavy (non-hydrogen) atoms. The van der Waals surface area contributed by atoms with Gasteiger partial charge in [-0.1, -0.05) is 20.3 Å². The van der Waals surface area contributed by atoms with Crippen LogP contribution in [0.2, 0.25) is 0 Å². The fourth-order valence-electron chi connectivity index (χ4n) is 0.609. The van der Waals surface area contributed by atoms with Crippen molar-refractivity contribution < 1.29 is 4.74 Å². The highest BCUT2D eigenvalue weighted by atomic mass is 16.5. The fourth-order valence-corrected chi connectivity index (χ4v) is 0.609. The first-order chi connectivity index (χ1) is 4.31. The summed E-state index contributed by atoms with van der Waals surface area (Å²) in [6.45, 7) is 4.71. The van der Waals surface area contributed by atoms with Crippen LogP contribution in [0.4, 0.5) is 0 Å². The zero-order chi connectivity index (χ0) is 7.11. The molecule has 54 valence electrons. The molecule has 0 aliphatic heterocycles. The smallest absolute Gasteiger partial charge is 0.153 e. The van der Waals surface area contributed by atoms with Gasteiger partial charge in [0.15, 0.2) is 12.8 Å². The summed E-state index contributed by atoms with van der Waals surface area (Å²) in [4.78, 5) is 0. The van der Waals surface area contributed by atoms with E-state index in [-0.39, 0.29) is 0 Å². The molecule has 0 radical (unpaired) electrons. The molecule has 0 unspecified atom stereocenters. The molecule has 0 aromatic carbocycles. The summed E-state index contributed by atoms with van der Waals surface area (Å²) >= 11 is 0. The summed E-state index contributed by atoms with van der Waals surface area (Å²) in [5.74, 6) is 0. The summed E-state index contributed by atoms with van der Waals surface area (Å²) in [6, 6.07) is 0. The van der Waals surface area contributed by atoms with Crippen LogP contribution in [-0.2, 0) is 0 Å². The summed E-state index contributed by atoms with van der Waals surface area (Å²) in [5, 5.41) is 10.7. The SMILES string of the molecule is CCC=[N+]([O-])CCCC. The first-order valence-electron chi connectivity index (χ1n) is 3.58. The molecule has 0 aliphatic carbocycles. The van der Waals surface area contributed by atoms with E-state index in [9.17, 15) is 5.21 Å². The summed E-state index contributed by atoms with van der Waals surface area (Å²) in [5.41, 5.74) is 0. The molecule has 0 amide bonds. The average molecular weight is 129 g/mol. The molecule has 0 fully saturated rings. The molecule has 0 rings (SSSR count). The number of hydrogen-bond donors (Lipinski definition) is 0. The fraction of sp³-hybridized carbons (Fsp3) is 0.857. The third-order valence-electron chi connectivity index (χ3n) is 1.12. The highest BCUT2D eigenvalue weighted by Gasteiger charge is 1.88. The lowest BCUT2D eigenvalue weighted by molar-refractivity contribution is -0.454. The zero-order valence-electron chi connectivity index (χ0n) is 6.26. The molecule has 0 N–H and O–H groups in total. The molecule has 0 aliphatic rings. The van der Waals surface area contributed by atoms with E-state index in [1.165, 1.54) is 0 Å². The molecule has 0 bridgehead atoms. The standard InChI is InChI=1S/C7H15NO/c1-3-5-7-8(9)6-4-2/h6H,3-5,7H2,1-2H3. The van der Waals surface area contributed by atoms with Crippen LogP contribution in [0, 0.1) is 5.21 Å². The van der Waals surface area contributed by atoms with Gasteiger partial charge in [0.05, 0.1) is 0 Å². The van der Waals surface area contributed by atoms with E-state index in [0.717, 1.165) is 24.0 Å². The lowest BCUT2D eigenvalue weighted by atomic mass is 10.3.